The highest BCUT2D eigenvalue weighted by Gasteiger charge is 2.17. The normalized spacial score (nSPS) is 11.4. The van der Waals surface area contributed by atoms with Crippen molar-refractivity contribution in [2.24, 2.45) is 0 Å². The second-order valence-corrected chi connectivity index (χ2v) is 6.25. The third-order valence-electron chi connectivity index (χ3n) is 4.16. The van der Waals surface area contributed by atoms with E-state index in [1.165, 1.54) is 7.11 Å². The molecule has 0 heterocycles. The van der Waals surface area contributed by atoms with Gasteiger partial charge in [0, 0.05) is 0 Å². The van der Waals surface area contributed by atoms with Crippen LogP contribution < -0.4 is 25.1 Å². The zero-order valence-corrected chi connectivity index (χ0v) is 16.2. The fourth-order valence-electron chi connectivity index (χ4n) is 2.64. The molecule has 3 aromatic carbocycles. The van der Waals surface area contributed by atoms with Gasteiger partial charge in [-0.05, 0) is 42.0 Å². The molecule has 0 aliphatic heterocycles. The van der Waals surface area contributed by atoms with E-state index in [0.29, 0.717) is 17.2 Å². The first-order valence-corrected chi connectivity index (χ1v) is 9.07. The maximum absolute atomic E-state index is 12.1. The van der Waals surface area contributed by atoms with E-state index < -0.39 is 17.9 Å². The Labute approximate surface area is 168 Å². The molecule has 0 spiro atoms. The number of ether oxygens (including phenoxy) is 3. The molecule has 0 fully saturated rings. The van der Waals surface area contributed by atoms with Gasteiger partial charge >= 0.3 is 0 Å². The van der Waals surface area contributed by atoms with Crippen molar-refractivity contribution in [1.82, 2.24) is 10.9 Å². The number of nitrogens with one attached hydrogen (secondary N) is 2. The lowest BCUT2D eigenvalue weighted by Crippen LogP contribution is -2.48. The number of amides is 2. The van der Waals surface area contributed by atoms with E-state index in [2.05, 4.69) is 10.9 Å². The molecule has 0 radical (unpaired) electrons. The Bertz CT molecular complexity index is 1010. The van der Waals surface area contributed by atoms with Crippen LogP contribution in [0.1, 0.15) is 6.92 Å². The van der Waals surface area contributed by atoms with Gasteiger partial charge in [-0.25, -0.2) is 0 Å². The van der Waals surface area contributed by atoms with Crippen LogP contribution >= 0.6 is 0 Å². The van der Waals surface area contributed by atoms with Crippen molar-refractivity contribution >= 4 is 22.6 Å². The number of carbonyl (C=O) groups is 2. The standard InChI is InChI=1S/C22H22N2O5/c1-15(29-20-10-6-5-9-19(20)27-2)22(26)24-23-21(25)14-28-18-12-11-16-7-3-4-8-17(16)13-18/h3-13,15H,14H2,1-2H3,(H,23,25)(H,24,26). The van der Waals surface area contributed by atoms with Crippen molar-refractivity contribution in [3.8, 4) is 17.2 Å². The maximum atomic E-state index is 12.1. The van der Waals surface area contributed by atoms with Crippen LogP contribution in [-0.4, -0.2) is 31.6 Å². The lowest BCUT2D eigenvalue weighted by atomic mass is 10.1. The first-order valence-electron chi connectivity index (χ1n) is 9.07. The van der Waals surface area contributed by atoms with Gasteiger partial charge in [0.25, 0.3) is 11.8 Å². The van der Waals surface area contributed by atoms with Crippen molar-refractivity contribution in [3.05, 3.63) is 66.7 Å². The summed E-state index contributed by atoms with van der Waals surface area (Å²) >= 11 is 0. The molecule has 29 heavy (non-hydrogen) atoms. The third kappa shape index (κ3) is 5.38. The summed E-state index contributed by atoms with van der Waals surface area (Å²) in [5, 5.41) is 2.10. The zero-order chi connectivity index (χ0) is 20.6. The number of fused-ring (bicyclic) bond motifs is 1. The molecule has 7 nitrogen and oxygen atoms in total. The first kappa shape index (κ1) is 20.0. The average molecular weight is 394 g/mol. The zero-order valence-electron chi connectivity index (χ0n) is 16.2. The van der Waals surface area contributed by atoms with Crippen LogP contribution in [-0.2, 0) is 9.59 Å². The van der Waals surface area contributed by atoms with E-state index in [9.17, 15) is 9.59 Å². The number of hydrogen-bond donors (Lipinski definition) is 2. The molecule has 0 aliphatic carbocycles. The Kier molecular flexibility index (Phi) is 6.52. The molecule has 1 unspecified atom stereocenters. The fraction of sp³-hybridized carbons (Fsp3) is 0.182. The molecule has 2 amide bonds. The summed E-state index contributed by atoms with van der Waals surface area (Å²) in [7, 11) is 1.52. The SMILES string of the molecule is COc1ccccc1OC(C)C(=O)NNC(=O)COc1ccc2ccccc2c1. The molecule has 0 aromatic heterocycles. The van der Waals surface area contributed by atoms with Crippen LogP contribution in [0.15, 0.2) is 66.7 Å². The Morgan fingerprint density at radius 3 is 2.34 bits per heavy atom. The number of carbonyl (C=O) groups excluding carboxylic acids is 2. The minimum Gasteiger partial charge on any atom is -0.493 e. The Balaban J connectivity index is 1.46. The van der Waals surface area contributed by atoms with Gasteiger partial charge in [-0.3, -0.25) is 20.4 Å². The monoisotopic (exact) mass is 394 g/mol. The number of benzene rings is 3. The van der Waals surface area contributed by atoms with Crippen LogP contribution in [0, 0.1) is 0 Å². The quantitative estimate of drug-likeness (QED) is 0.602. The molecule has 3 rings (SSSR count). The van der Waals surface area contributed by atoms with Gasteiger partial charge in [-0.2, -0.15) is 0 Å². The van der Waals surface area contributed by atoms with Gasteiger partial charge in [0.1, 0.15) is 5.75 Å². The summed E-state index contributed by atoms with van der Waals surface area (Å²) in [6, 6.07) is 20.4. The molecule has 0 aliphatic rings. The van der Waals surface area contributed by atoms with Crippen molar-refractivity contribution in [2.45, 2.75) is 13.0 Å². The first-order chi connectivity index (χ1) is 14.1. The van der Waals surface area contributed by atoms with Crippen LogP contribution in [0.5, 0.6) is 17.2 Å². The molecule has 3 aromatic rings. The molecule has 150 valence electrons. The fourth-order valence-corrected chi connectivity index (χ4v) is 2.64. The van der Waals surface area contributed by atoms with Crippen LogP contribution in [0.2, 0.25) is 0 Å². The lowest BCUT2D eigenvalue weighted by Gasteiger charge is -2.17. The molecule has 2 N–H and O–H groups in total. The van der Waals surface area contributed by atoms with Gasteiger partial charge < -0.3 is 14.2 Å². The lowest BCUT2D eigenvalue weighted by molar-refractivity contribution is -0.133. The van der Waals surface area contributed by atoms with E-state index in [1.54, 1.807) is 37.3 Å². The largest absolute Gasteiger partial charge is 0.493 e. The Hall–Kier alpha value is -3.74. The maximum Gasteiger partial charge on any atom is 0.279 e. The second-order valence-electron chi connectivity index (χ2n) is 6.25. The van der Waals surface area contributed by atoms with Gasteiger partial charge in [0.15, 0.2) is 24.2 Å². The smallest absolute Gasteiger partial charge is 0.279 e. The summed E-state index contributed by atoms with van der Waals surface area (Å²) in [6.07, 6.45) is -0.840. The van der Waals surface area contributed by atoms with Crippen molar-refractivity contribution in [1.29, 1.82) is 0 Å². The minimum absolute atomic E-state index is 0.236. The number of hydrogen-bond acceptors (Lipinski definition) is 5. The van der Waals surface area contributed by atoms with Gasteiger partial charge in [0.05, 0.1) is 7.11 Å². The third-order valence-corrected chi connectivity index (χ3v) is 4.16. The molecule has 0 saturated heterocycles. The number of hydrazine groups is 1. The number of rotatable bonds is 7. The van der Waals surface area contributed by atoms with E-state index in [-0.39, 0.29) is 6.61 Å². The van der Waals surface area contributed by atoms with Gasteiger partial charge in [0.2, 0.25) is 0 Å². The Morgan fingerprint density at radius 2 is 1.59 bits per heavy atom. The predicted molar refractivity (Wildman–Crippen MR) is 109 cm³/mol. The summed E-state index contributed by atoms with van der Waals surface area (Å²) < 4.78 is 16.2. The predicted octanol–water partition coefficient (Wildman–Crippen LogP) is 2.84. The topological polar surface area (TPSA) is 85.9 Å². The van der Waals surface area contributed by atoms with E-state index in [0.717, 1.165) is 10.8 Å². The molecule has 7 heteroatoms. The summed E-state index contributed by atoms with van der Waals surface area (Å²) in [4.78, 5) is 24.1. The molecular formula is C22H22N2O5. The van der Waals surface area contributed by atoms with E-state index >= 15 is 0 Å². The number of methoxy groups -OCH3 is 1. The average Bonchev–Trinajstić information content (AvgIpc) is 2.76. The van der Waals surface area contributed by atoms with Crippen LogP contribution in [0.25, 0.3) is 10.8 Å². The van der Waals surface area contributed by atoms with Crippen LogP contribution in [0.3, 0.4) is 0 Å². The molecule has 0 bridgehead atoms. The van der Waals surface area contributed by atoms with Crippen molar-refractivity contribution in [2.75, 3.05) is 13.7 Å². The summed E-state index contributed by atoms with van der Waals surface area (Å²) in [6.45, 7) is 1.33. The summed E-state index contributed by atoms with van der Waals surface area (Å²) in [5.41, 5.74) is 4.63. The summed E-state index contributed by atoms with van der Waals surface area (Å²) in [5.74, 6) is 0.521. The van der Waals surface area contributed by atoms with E-state index in [1.807, 2.05) is 36.4 Å². The highest BCUT2D eigenvalue weighted by atomic mass is 16.5. The van der Waals surface area contributed by atoms with E-state index in [4.69, 9.17) is 14.2 Å². The molecule has 1 atom stereocenters. The Morgan fingerprint density at radius 1 is 0.897 bits per heavy atom. The highest BCUT2D eigenvalue weighted by molar-refractivity contribution is 5.86. The van der Waals surface area contributed by atoms with Crippen molar-refractivity contribution < 1.29 is 23.8 Å². The van der Waals surface area contributed by atoms with Gasteiger partial charge in [-0.1, -0.05) is 42.5 Å². The second kappa shape index (κ2) is 9.45. The number of para-hydroxylation sites is 2. The molecule has 0 saturated carbocycles. The van der Waals surface area contributed by atoms with Crippen LogP contribution in [0.4, 0.5) is 0 Å². The highest BCUT2D eigenvalue weighted by Crippen LogP contribution is 2.26. The van der Waals surface area contributed by atoms with Crippen molar-refractivity contribution in [3.63, 3.8) is 0 Å². The van der Waals surface area contributed by atoms with Gasteiger partial charge in [-0.15, -0.1) is 0 Å². The minimum atomic E-state index is -0.840. The molecular weight excluding hydrogens is 372 g/mol.